The van der Waals surface area contributed by atoms with Gasteiger partial charge in [0.15, 0.2) is 6.29 Å². The molecular weight excluding hydrogens is 136 g/mol. The van der Waals surface area contributed by atoms with Crippen LogP contribution in [0, 0.1) is 0 Å². The molecule has 0 unspecified atom stereocenters. The Hall–Kier alpha value is -0.160. The van der Waals surface area contributed by atoms with E-state index >= 15 is 0 Å². The first-order valence-corrected chi connectivity index (χ1v) is 3.36. The van der Waals surface area contributed by atoms with Gasteiger partial charge in [0.25, 0.3) is 0 Å². The van der Waals surface area contributed by atoms with Gasteiger partial charge in [0, 0.05) is 0 Å². The van der Waals surface area contributed by atoms with E-state index in [4.69, 9.17) is 20.1 Å². The maximum atomic E-state index is 8.93. The lowest BCUT2D eigenvalue weighted by Gasteiger charge is -2.29. The lowest BCUT2D eigenvalue weighted by Crippen LogP contribution is -2.39. The Morgan fingerprint density at radius 2 is 2.00 bits per heavy atom. The molecule has 1 saturated heterocycles. The maximum absolute atomic E-state index is 8.93. The molecule has 0 spiro atoms. The van der Waals surface area contributed by atoms with Crippen LogP contribution in [0.5, 0.6) is 0 Å². The minimum atomic E-state index is -1.12. The molecule has 0 aromatic heterocycles. The van der Waals surface area contributed by atoms with Crippen LogP contribution in [0.3, 0.4) is 0 Å². The van der Waals surface area contributed by atoms with Gasteiger partial charge in [-0.1, -0.05) is 0 Å². The summed E-state index contributed by atoms with van der Waals surface area (Å²) in [5.74, 6) is 0. The van der Waals surface area contributed by atoms with Crippen molar-refractivity contribution in [3.05, 3.63) is 0 Å². The summed E-state index contributed by atoms with van der Waals surface area (Å²) in [4.78, 5) is 0. The van der Waals surface area contributed by atoms with E-state index in [1.165, 1.54) is 0 Å². The number of rotatable bonds is 1. The fourth-order valence-corrected chi connectivity index (χ4v) is 0.989. The SMILES string of the molecule is OC[C@@H]1CC[C@@H](O)[C@@H](O)O1. The Morgan fingerprint density at radius 1 is 1.30 bits per heavy atom. The van der Waals surface area contributed by atoms with Crippen molar-refractivity contribution in [2.75, 3.05) is 6.61 Å². The van der Waals surface area contributed by atoms with Gasteiger partial charge in [0.05, 0.1) is 12.7 Å². The standard InChI is InChI=1S/C6H12O4/c7-3-4-1-2-5(8)6(9)10-4/h4-9H,1-3H2/t4-,5+,6-/m0/s1. The van der Waals surface area contributed by atoms with E-state index in [1.807, 2.05) is 0 Å². The molecule has 0 radical (unpaired) electrons. The molecule has 0 aromatic carbocycles. The van der Waals surface area contributed by atoms with Crippen LogP contribution in [0.25, 0.3) is 0 Å². The zero-order valence-electron chi connectivity index (χ0n) is 5.60. The lowest BCUT2D eigenvalue weighted by atomic mass is 10.1. The molecule has 0 bridgehead atoms. The number of hydrogen-bond acceptors (Lipinski definition) is 4. The van der Waals surface area contributed by atoms with Crippen LogP contribution in [0.1, 0.15) is 12.8 Å². The monoisotopic (exact) mass is 148 g/mol. The Labute approximate surface area is 59.1 Å². The van der Waals surface area contributed by atoms with E-state index in [9.17, 15) is 0 Å². The Morgan fingerprint density at radius 3 is 2.50 bits per heavy atom. The second-order valence-corrected chi connectivity index (χ2v) is 2.48. The van der Waals surface area contributed by atoms with Gasteiger partial charge in [0.2, 0.25) is 0 Å². The number of ether oxygens (including phenoxy) is 1. The average molecular weight is 148 g/mol. The van der Waals surface area contributed by atoms with Crippen LogP contribution in [-0.4, -0.2) is 40.4 Å². The summed E-state index contributed by atoms with van der Waals surface area (Å²) in [7, 11) is 0. The van der Waals surface area contributed by atoms with Crippen molar-refractivity contribution in [2.24, 2.45) is 0 Å². The molecule has 1 heterocycles. The Kier molecular flexibility index (Phi) is 2.62. The summed E-state index contributed by atoms with van der Waals surface area (Å²) in [6, 6.07) is 0. The van der Waals surface area contributed by atoms with E-state index in [2.05, 4.69) is 0 Å². The first kappa shape index (κ1) is 7.94. The summed E-state index contributed by atoms with van der Waals surface area (Å²) < 4.78 is 4.80. The van der Waals surface area contributed by atoms with Crippen molar-refractivity contribution in [1.82, 2.24) is 0 Å². The number of hydrogen-bond donors (Lipinski definition) is 3. The van der Waals surface area contributed by atoms with Crippen molar-refractivity contribution in [3.63, 3.8) is 0 Å². The van der Waals surface area contributed by atoms with Gasteiger partial charge in [-0.3, -0.25) is 0 Å². The summed E-state index contributed by atoms with van der Waals surface area (Å²) in [6.07, 6.45) is -1.12. The molecule has 60 valence electrons. The Balaban J connectivity index is 2.33. The molecule has 1 aliphatic heterocycles. The highest BCUT2D eigenvalue weighted by molar-refractivity contribution is 4.70. The summed E-state index contributed by atoms with van der Waals surface area (Å²) >= 11 is 0. The second kappa shape index (κ2) is 3.30. The van der Waals surface area contributed by atoms with Crippen LogP contribution >= 0.6 is 0 Å². The highest BCUT2D eigenvalue weighted by Crippen LogP contribution is 2.17. The molecule has 1 rings (SSSR count). The number of aliphatic hydroxyl groups is 3. The molecule has 0 aliphatic carbocycles. The lowest BCUT2D eigenvalue weighted by molar-refractivity contribution is -0.221. The maximum Gasteiger partial charge on any atom is 0.181 e. The molecule has 0 aromatic rings. The van der Waals surface area contributed by atoms with Gasteiger partial charge in [-0.15, -0.1) is 0 Å². The molecule has 4 heteroatoms. The highest BCUT2D eigenvalue weighted by Gasteiger charge is 2.27. The first-order chi connectivity index (χ1) is 4.74. The van der Waals surface area contributed by atoms with Crippen molar-refractivity contribution in [2.45, 2.75) is 31.3 Å². The summed E-state index contributed by atoms with van der Waals surface area (Å²) in [5.41, 5.74) is 0. The molecule has 3 N–H and O–H groups in total. The van der Waals surface area contributed by atoms with Crippen LogP contribution in [0.15, 0.2) is 0 Å². The molecule has 4 nitrogen and oxygen atoms in total. The molecule has 0 saturated carbocycles. The Bertz CT molecular complexity index is 106. The molecule has 0 amide bonds. The fourth-order valence-electron chi connectivity index (χ4n) is 0.989. The summed E-state index contributed by atoms with van der Waals surface area (Å²) in [5, 5.41) is 26.4. The predicted molar refractivity (Wildman–Crippen MR) is 33.2 cm³/mol. The van der Waals surface area contributed by atoms with E-state index < -0.39 is 12.4 Å². The van der Waals surface area contributed by atoms with Crippen LogP contribution < -0.4 is 0 Å². The van der Waals surface area contributed by atoms with Gasteiger partial charge >= 0.3 is 0 Å². The van der Waals surface area contributed by atoms with Gasteiger partial charge in [-0.05, 0) is 12.8 Å². The van der Waals surface area contributed by atoms with Crippen molar-refractivity contribution in [1.29, 1.82) is 0 Å². The largest absolute Gasteiger partial charge is 0.394 e. The minimum absolute atomic E-state index is 0.0935. The second-order valence-electron chi connectivity index (χ2n) is 2.48. The van der Waals surface area contributed by atoms with Crippen LogP contribution in [0.2, 0.25) is 0 Å². The van der Waals surface area contributed by atoms with Crippen molar-refractivity contribution in [3.8, 4) is 0 Å². The smallest absolute Gasteiger partial charge is 0.181 e. The van der Waals surface area contributed by atoms with E-state index in [-0.39, 0.29) is 12.7 Å². The van der Waals surface area contributed by atoms with Crippen molar-refractivity contribution >= 4 is 0 Å². The third kappa shape index (κ3) is 1.67. The summed E-state index contributed by atoms with van der Waals surface area (Å²) in [6.45, 7) is -0.0935. The van der Waals surface area contributed by atoms with E-state index in [1.54, 1.807) is 0 Å². The third-order valence-electron chi connectivity index (χ3n) is 1.65. The molecular formula is C6H12O4. The quantitative estimate of drug-likeness (QED) is 0.438. The van der Waals surface area contributed by atoms with Gasteiger partial charge in [-0.25, -0.2) is 0 Å². The molecule has 3 atom stereocenters. The van der Waals surface area contributed by atoms with Crippen LogP contribution in [0.4, 0.5) is 0 Å². The normalized spacial score (nSPS) is 41.7. The molecule has 10 heavy (non-hydrogen) atoms. The third-order valence-corrected chi connectivity index (χ3v) is 1.65. The first-order valence-electron chi connectivity index (χ1n) is 3.36. The minimum Gasteiger partial charge on any atom is -0.394 e. The van der Waals surface area contributed by atoms with Crippen molar-refractivity contribution < 1.29 is 20.1 Å². The number of aliphatic hydroxyl groups excluding tert-OH is 3. The molecule has 1 aliphatic rings. The van der Waals surface area contributed by atoms with Gasteiger partial charge in [0.1, 0.15) is 6.10 Å². The van der Waals surface area contributed by atoms with Gasteiger partial charge < -0.3 is 20.1 Å². The topological polar surface area (TPSA) is 69.9 Å². The highest BCUT2D eigenvalue weighted by atomic mass is 16.6. The van der Waals surface area contributed by atoms with E-state index in [0.29, 0.717) is 12.8 Å². The average Bonchev–Trinajstić information content (AvgIpc) is 1.95. The predicted octanol–water partition coefficient (Wildman–Crippen LogP) is -1.16. The van der Waals surface area contributed by atoms with Gasteiger partial charge in [-0.2, -0.15) is 0 Å². The van der Waals surface area contributed by atoms with Crippen LogP contribution in [-0.2, 0) is 4.74 Å². The fraction of sp³-hybridized carbons (Fsp3) is 1.00. The molecule has 1 fully saturated rings. The zero-order chi connectivity index (χ0) is 7.56. The zero-order valence-corrected chi connectivity index (χ0v) is 5.60. The van der Waals surface area contributed by atoms with E-state index in [0.717, 1.165) is 0 Å².